The fourth-order valence-electron chi connectivity index (χ4n) is 2.58. The Hall–Kier alpha value is -1.13. The van der Waals surface area contributed by atoms with Crippen molar-refractivity contribution in [3.8, 4) is 11.3 Å². The molecule has 3 rings (SSSR count). The number of aromatic nitrogens is 2. The summed E-state index contributed by atoms with van der Waals surface area (Å²) in [5, 5.41) is 0. The highest BCUT2D eigenvalue weighted by atomic mass is 79.9. The number of nitrogens with two attached hydrogens (primary N) is 1. The third-order valence-electron chi connectivity index (χ3n) is 3.65. The Morgan fingerprint density at radius 2 is 2.33 bits per heavy atom. The average Bonchev–Trinajstić information content (AvgIpc) is 2.87. The Morgan fingerprint density at radius 3 is 3.06 bits per heavy atom. The van der Waals surface area contributed by atoms with Crippen LogP contribution in [-0.4, -0.2) is 16.5 Å². The van der Waals surface area contributed by atoms with Gasteiger partial charge in [-0.3, -0.25) is 0 Å². The van der Waals surface area contributed by atoms with E-state index in [4.69, 9.17) is 10.7 Å². The minimum Gasteiger partial charge on any atom is -0.345 e. The topological polar surface area (TPSA) is 54.7 Å². The van der Waals surface area contributed by atoms with Crippen LogP contribution in [0.1, 0.15) is 36.3 Å². The number of hydrogen-bond donors (Lipinski definition) is 2. The van der Waals surface area contributed by atoms with Crippen LogP contribution in [0.2, 0.25) is 0 Å². The van der Waals surface area contributed by atoms with Gasteiger partial charge >= 0.3 is 0 Å². The second-order valence-electron chi connectivity index (χ2n) is 4.77. The number of rotatable bonds is 3. The van der Waals surface area contributed by atoms with Crippen LogP contribution in [0.5, 0.6) is 0 Å². The summed E-state index contributed by atoms with van der Waals surface area (Å²) in [6.45, 7) is 2.80. The van der Waals surface area contributed by atoms with Crippen molar-refractivity contribution in [3.63, 3.8) is 0 Å². The Kier molecular flexibility index (Phi) is 2.99. The van der Waals surface area contributed by atoms with Crippen LogP contribution in [0, 0.1) is 0 Å². The van der Waals surface area contributed by atoms with Gasteiger partial charge in [0.15, 0.2) is 0 Å². The van der Waals surface area contributed by atoms with E-state index in [-0.39, 0.29) is 0 Å². The van der Waals surface area contributed by atoms with Crippen molar-refractivity contribution < 1.29 is 0 Å². The third-order valence-corrected chi connectivity index (χ3v) is 4.14. The number of H-pyrrole nitrogens is 1. The van der Waals surface area contributed by atoms with Gasteiger partial charge in [0, 0.05) is 34.6 Å². The normalized spacial score (nSPS) is 14.4. The van der Waals surface area contributed by atoms with Crippen LogP contribution in [0.25, 0.3) is 11.3 Å². The van der Waals surface area contributed by atoms with Crippen molar-refractivity contribution in [3.05, 3.63) is 39.8 Å². The number of fused-ring (bicyclic) bond motifs is 3. The molecule has 1 aliphatic carbocycles. The first-order chi connectivity index (χ1) is 8.72. The molecule has 1 atom stereocenters. The molecule has 0 aliphatic heterocycles. The highest BCUT2D eigenvalue weighted by molar-refractivity contribution is 9.10. The summed E-state index contributed by atoms with van der Waals surface area (Å²) in [6.07, 6.45) is 1.97. The first-order valence-electron chi connectivity index (χ1n) is 6.30. The Morgan fingerprint density at radius 1 is 1.50 bits per heavy atom. The number of nitrogens with zero attached hydrogens (tertiary/aromatic N) is 1. The highest BCUT2D eigenvalue weighted by Crippen LogP contribution is 2.37. The number of halogens is 1. The number of imidazole rings is 1. The molecular formula is C14H16BrN3. The quantitative estimate of drug-likeness (QED) is 0.781. The van der Waals surface area contributed by atoms with Gasteiger partial charge in [-0.15, -0.1) is 0 Å². The molecule has 0 saturated carbocycles. The summed E-state index contributed by atoms with van der Waals surface area (Å²) in [4.78, 5) is 8.21. The molecule has 4 heteroatoms. The molecule has 0 radical (unpaired) electrons. The summed E-state index contributed by atoms with van der Waals surface area (Å²) in [5.74, 6) is 1.38. The number of nitrogens with one attached hydrogen (secondary N) is 1. The second kappa shape index (κ2) is 4.52. The maximum atomic E-state index is 5.78. The SMILES string of the molecule is CCC(CN)c1nc2c([nH]1)Cc1cc(Br)ccc1-2. The summed E-state index contributed by atoms with van der Waals surface area (Å²) in [6, 6.07) is 6.38. The van der Waals surface area contributed by atoms with E-state index in [9.17, 15) is 0 Å². The molecule has 94 valence electrons. The molecule has 2 aromatic rings. The third kappa shape index (κ3) is 1.80. The van der Waals surface area contributed by atoms with E-state index in [0.717, 1.165) is 28.8 Å². The number of aromatic amines is 1. The van der Waals surface area contributed by atoms with Crippen molar-refractivity contribution in [2.45, 2.75) is 25.7 Å². The second-order valence-corrected chi connectivity index (χ2v) is 5.68. The Labute approximate surface area is 115 Å². The fourth-order valence-corrected chi connectivity index (χ4v) is 2.98. The molecule has 0 saturated heterocycles. The van der Waals surface area contributed by atoms with Crippen molar-refractivity contribution in [2.75, 3.05) is 6.54 Å². The van der Waals surface area contributed by atoms with E-state index in [1.807, 2.05) is 0 Å². The molecule has 0 amide bonds. The Bertz CT molecular complexity index is 585. The minimum absolute atomic E-state index is 0.342. The lowest BCUT2D eigenvalue weighted by Gasteiger charge is -2.08. The predicted octanol–water partition coefficient (Wildman–Crippen LogP) is 3.20. The van der Waals surface area contributed by atoms with E-state index in [0.29, 0.717) is 12.5 Å². The van der Waals surface area contributed by atoms with E-state index in [1.165, 1.54) is 16.8 Å². The van der Waals surface area contributed by atoms with Crippen LogP contribution in [0.15, 0.2) is 22.7 Å². The monoisotopic (exact) mass is 305 g/mol. The van der Waals surface area contributed by atoms with Gasteiger partial charge < -0.3 is 10.7 Å². The van der Waals surface area contributed by atoms with Crippen LogP contribution in [0.3, 0.4) is 0 Å². The number of hydrogen-bond acceptors (Lipinski definition) is 2. The fraction of sp³-hybridized carbons (Fsp3) is 0.357. The molecule has 3 N–H and O–H groups in total. The summed E-state index contributed by atoms with van der Waals surface area (Å²) in [5.41, 5.74) is 10.7. The molecule has 0 fully saturated rings. The van der Waals surface area contributed by atoms with Crippen molar-refractivity contribution in [1.82, 2.24) is 9.97 Å². The minimum atomic E-state index is 0.342. The van der Waals surface area contributed by atoms with Gasteiger partial charge in [-0.05, 0) is 24.1 Å². The summed E-state index contributed by atoms with van der Waals surface area (Å²) in [7, 11) is 0. The smallest absolute Gasteiger partial charge is 0.111 e. The van der Waals surface area contributed by atoms with Gasteiger partial charge in [0.05, 0.1) is 5.69 Å². The van der Waals surface area contributed by atoms with Crippen molar-refractivity contribution in [2.24, 2.45) is 5.73 Å². The molecule has 1 aliphatic rings. The Balaban J connectivity index is 2.02. The van der Waals surface area contributed by atoms with E-state index < -0.39 is 0 Å². The molecule has 0 spiro atoms. The van der Waals surface area contributed by atoms with Gasteiger partial charge in [0.25, 0.3) is 0 Å². The van der Waals surface area contributed by atoms with Crippen molar-refractivity contribution in [1.29, 1.82) is 0 Å². The first kappa shape index (κ1) is 11.9. The zero-order valence-electron chi connectivity index (χ0n) is 10.3. The average molecular weight is 306 g/mol. The van der Waals surface area contributed by atoms with Gasteiger partial charge in [-0.1, -0.05) is 28.9 Å². The maximum absolute atomic E-state index is 5.78. The van der Waals surface area contributed by atoms with Crippen LogP contribution in [0.4, 0.5) is 0 Å². The molecular weight excluding hydrogens is 290 g/mol. The van der Waals surface area contributed by atoms with Crippen LogP contribution in [-0.2, 0) is 6.42 Å². The molecule has 1 aromatic carbocycles. The van der Waals surface area contributed by atoms with Gasteiger partial charge in [-0.25, -0.2) is 4.98 Å². The molecule has 1 unspecified atom stereocenters. The summed E-state index contributed by atoms with van der Waals surface area (Å²) >= 11 is 3.51. The van der Waals surface area contributed by atoms with Gasteiger partial charge in [-0.2, -0.15) is 0 Å². The van der Waals surface area contributed by atoms with E-state index in [2.05, 4.69) is 46.0 Å². The maximum Gasteiger partial charge on any atom is 0.111 e. The lowest BCUT2D eigenvalue weighted by molar-refractivity contribution is 0.637. The zero-order valence-corrected chi connectivity index (χ0v) is 11.9. The lowest BCUT2D eigenvalue weighted by Crippen LogP contribution is -2.13. The van der Waals surface area contributed by atoms with Crippen molar-refractivity contribution >= 4 is 15.9 Å². The number of benzene rings is 1. The van der Waals surface area contributed by atoms with E-state index >= 15 is 0 Å². The standard InChI is InChI=1S/C14H16BrN3/c1-2-8(7-16)14-17-12-6-9-5-10(15)3-4-11(9)13(12)18-14/h3-5,8H,2,6-7,16H2,1H3,(H,17,18). The molecule has 18 heavy (non-hydrogen) atoms. The molecule has 3 nitrogen and oxygen atoms in total. The molecule has 0 bridgehead atoms. The van der Waals surface area contributed by atoms with E-state index in [1.54, 1.807) is 0 Å². The van der Waals surface area contributed by atoms with Gasteiger partial charge in [0.1, 0.15) is 5.82 Å². The van der Waals surface area contributed by atoms with Crippen LogP contribution < -0.4 is 5.73 Å². The zero-order chi connectivity index (χ0) is 12.7. The van der Waals surface area contributed by atoms with Crippen LogP contribution >= 0.6 is 15.9 Å². The summed E-state index contributed by atoms with van der Waals surface area (Å²) < 4.78 is 1.13. The van der Waals surface area contributed by atoms with Gasteiger partial charge in [0.2, 0.25) is 0 Å². The predicted molar refractivity (Wildman–Crippen MR) is 76.6 cm³/mol. The molecule has 1 heterocycles. The molecule has 1 aromatic heterocycles. The highest BCUT2D eigenvalue weighted by Gasteiger charge is 2.24. The first-order valence-corrected chi connectivity index (χ1v) is 7.09. The lowest BCUT2D eigenvalue weighted by atomic mass is 10.1. The largest absolute Gasteiger partial charge is 0.345 e.